The minimum Gasteiger partial charge on any atom is -0.385 e. The summed E-state index contributed by atoms with van der Waals surface area (Å²) >= 11 is 0. The zero-order chi connectivity index (χ0) is 16.1. The summed E-state index contributed by atoms with van der Waals surface area (Å²) in [4.78, 5) is 24.0. The maximum absolute atomic E-state index is 12.1. The molecule has 1 amide bonds. The van der Waals surface area contributed by atoms with Gasteiger partial charge in [-0.25, -0.2) is 0 Å². The van der Waals surface area contributed by atoms with Gasteiger partial charge in [-0.15, -0.1) is 0 Å². The highest BCUT2D eigenvalue weighted by Crippen LogP contribution is 2.26. The third kappa shape index (κ3) is 3.36. The van der Waals surface area contributed by atoms with Gasteiger partial charge in [-0.05, 0) is 26.3 Å². The summed E-state index contributed by atoms with van der Waals surface area (Å²) < 4.78 is 6.85. The minimum absolute atomic E-state index is 0.0213. The van der Waals surface area contributed by atoms with E-state index in [4.69, 9.17) is 4.74 Å². The van der Waals surface area contributed by atoms with Crippen molar-refractivity contribution in [3.63, 3.8) is 0 Å². The second kappa shape index (κ2) is 7.22. The molecule has 0 radical (unpaired) electrons. The van der Waals surface area contributed by atoms with Crippen LogP contribution < -0.4 is 5.32 Å². The second-order valence-electron chi connectivity index (χ2n) is 5.32. The molecular formula is C17H22N2O3. The van der Waals surface area contributed by atoms with E-state index in [0.29, 0.717) is 18.7 Å². The molecule has 0 aliphatic rings. The molecule has 1 aromatic carbocycles. The molecule has 118 valence electrons. The maximum atomic E-state index is 12.1. The number of methoxy groups -OCH3 is 1. The first-order chi connectivity index (χ1) is 10.6. The van der Waals surface area contributed by atoms with E-state index >= 15 is 0 Å². The summed E-state index contributed by atoms with van der Waals surface area (Å²) in [5.41, 5.74) is 2.45. The van der Waals surface area contributed by atoms with E-state index in [1.165, 1.54) is 0 Å². The normalized spacial score (nSPS) is 10.9. The molecule has 0 spiro atoms. The molecule has 0 saturated heterocycles. The number of ketones is 1. The highest BCUT2D eigenvalue weighted by atomic mass is 16.5. The number of nitrogens with zero attached hydrogens (tertiary/aromatic N) is 1. The summed E-state index contributed by atoms with van der Waals surface area (Å²) in [6.07, 6.45) is 0.784. The highest BCUT2D eigenvalue weighted by molar-refractivity contribution is 6.08. The lowest BCUT2D eigenvalue weighted by molar-refractivity contribution is -0.121. The van der Waals surface area contributed by atoms with Crippen molar-refractivity contribution in [2.75, 3.05) is 20.3 Å². The number of ether oxygens (including phenoxy) is 1. The van der Waals surface area contributed by atoms with Crippen LogP contribution in [0, 0.1) is 6.92 Å². The Kier molecular flexibility index (Phi) is 5.33. The van der Waals surface area contributed by atoms with Gasteiger partial charge in [0.05, 0.1) is 0 Å². The van der Waals surface area contributed by atoms with Gasteiger partial charge in [-0.2, -0.15) is 0 Å². The summed E-state index contributed by atoms with van der Waals surface area (Å²) in [5.74, 6) is -0.0389. The number of hydrogen-bond acceptors (Lipinski definition) is 3. The Labute approximate surface area is 130 Å². The molecule has 5 heteroatoms. The Balaban J connectivity index is 2.22. The lowest BCUT2D eigenvalue weighted by atomic mass is 10.1. The predicted molar refractivity (Wildman–Crippen MR) is 86.2 cm³/mol. The average molecular weight is 302 g/mol. The van der Waals surface area contributed by atoms with Gasteiger partial charge in [0.2, 0.25) is 5.91 Å². The molecule has 0 atom stereocenters. The van der Waals surface area contributed by atoms with Crippen molar-refractivity contribution < 1.29 is 14.3 Å². The fraction of sp³-hybridized carbons (Fsp3) is 0.412. The Bertz CT molecular complexity index is 689. The standard InChI is InChI=1S/C17H22N2O3/c1-12-17(13(2)20)14-7-4-5-8-15(14)19(12)11-16(21)18-9-6-10-22-3/h4-5,7-8H,6,9-11H2,1-3H3,(H,18,21). The van der Waals surface area contributed by atoms with Crippen molar-refractivity contribution in [2.24, 2.45) is 0 Å². The molecule has 5 nitrogen and oxygen atoms in total. The van der Waals surface area contributed by atoms with Crippen molar-refractivity contribution in [1.82, 2.24) is 9.88 Å². The predicted octanol–water partition coefficient (Wildman–Crippen LogP) is 2.31. The SMILES string of the molecule is COCCCNC(=O)Cn1c(C)c(C(C)=O)c2ccccc21. The van der Waals surface area contributed by atoms with E-state index in [1.54, 1.807) is 14.0 Å². The Hall–Kier alpha value is -2.14. The Morgan fingerprint density at radius 2 is 2.00 bits per heavy atom. The molecular weight excluding hydrogens is 280 g/mol. The fourth-order valence-corrected chi connectivity index (χ4v) is 2.72. The molecule has 0 aliphatic carbocycles. The van der Waals surface area contributed by atoms with Crippen LogP contribution in [-0.4, -0.2) is 36.5 Å². The smallest absolute Gasteiger partial charge is 0.239 e. The first kappa shape index (κ1) is 16.2. The number of carbonyl (C=O) groups is 2. The van der Waals surface area contributed by atoms with E-state index in [9.17, 15) is 9.59 Å². The number of rotatable bonds is 7. The molecule has 2 rings (SSSR count). The number of hydrogen-bond donors (Lipinski definition) is 1. The van der Waals surface area contributed by atoms with Crippen LogP contribution in [0.2, 0.25) is 0 Å². The molecule has 1 N–H and O–H groups in total. The van der Waals surface area contributed by atoms with Crippen LogP contribution in [0.1, 0.15) is 29.4 Å². The van der Waals surface area contributed by atoms with Crippen LogP contribution in [0.15, 0.2) is 24.3 Å². The van der Waals surface area contributed by atoms with Gasteiger partial charge in [0.1, 0.15) is 6.54 Å². The quantitative estimate of drug-likeness (QED) is 0.630. The zero-order valence-corrected chi connectivity index (χ0v) is 13.3. The molecule has 1 aromatic heterocycles. The average Bonchev–Trinajstić information content (AvgIpc) is 2.76. The summed E-state index contributed by atoms with van der Waals surface area (Å²) in [6, 6.07) is 7.68. The van der Waals surface area contributed by atoms with Crippen molar-refractivity contribution in [2.45, 2.75) is 26.8 Å². The summed E-state index contributed by atoms with van der Waals surface area (Å²) in [5, 5.41) is 3.77. The van der Waals surface area contributed by atoms with Crippen LogP contribution >= 0.6 is 0 Å². The monoisotopic (exact) mass is 302 g/mol. The second-order valence-corrected chi connectivity index (χ2v) is 5.32. The number of aromatic nitrogens is 1. The zero-order valence-electron chi connectivity index (χ0n) is 13.3. The van der Waals surface area contributed by atoms with Crippen molar-refractivity contribution in [1.29, 1.82) is 0 Å². The lowest BCUT2D eigenvalue weighted by Gasteiger charge is -2.09. The molecule has 0 bridgehead atoms. The van der Waals surface area contributed by atoms with Gasteiger partial charge < -0.3 is 14.6 Å². The number of nitrogens with one attached hydrogen (secondary N) is 1. The van der Waals surface area contributed by atoms with Crippen molar-refractivity contribution in [3.8, 4) is 0 Å². The molecule has 0 fully saturated rings. The molecule has 0 unspecified atom stereocenters. The van der Waals surface area contributed by atoms with Gasteiger partial charge in [0.15, 0.2) is 5.78 Å². The summed E-state index contributed by atoms with van der Waals surface area (Å²) in [7, 11) is 1.64. The van der Waals surface area contributed by atoms with Crippen LogP contribution in [0.25, 0.3) is 10.9 Å². The molecule has 0 saturated carbocycles. The number of fused-ring (bicyclic) bond motifs is 1. The number of para-hydroxylation sites is 1. The molecule has 0 aliphatic heterocycles. The number of Topliss-reactive ketones (excluding diaryl/α,β-unsaturated/α-hetero) is 1. The topological polar surface area (TPSA) is 60.3 Å². The van der Waals surface area contributed by atoms with Gasteiger partial charge in [0, 0.05) is 42.4 Å². The third-order valence-corrected chi connectivity index (χ3v) is 3.73. The Morgan fingerprint density at radius 1 is 1.27 bits per heavy atom. The van der Waals surface area contributed by atoms with Crippen LogP contribution in [0.3, 0.4) is 0 Å². The lowest BCUT2D eigenvalue weighted by Crippen LogP contribution is -2.29. The van der Waals surface area contributed by atoms with Crippen molar-refractivity contribution >= 4 is 22.6 Å². The van der Waals surface area contributed by atoms with E-state index in [2.05, 4.69) is 5.32 Å². The van der Waals surface area contributed by atoms with Gasteiger partial charge in [-0.3, -0.25) is 9.59 Å². The first-order valence-electron chi connectivity index (χ1n) is 7.40. The van der Waals surface area contributed by atoms with Gasteiger partial charge >= 0.3 is 0 Å². The van der Waals surface area contributed by atoms with E-state index in [0.717, 1.165) is 23.0 Å². The summed E-state index contributed by atoms with van der Waals surface area (Å²) in [6.45, 7) is 4.87. The van der Waals surface area contributed by atoms with Crippen LogP contribution in [0.4, 0.5) is 0 Å². The van der Waals surface area contributed by atoms with E-state index in [-0.39, 0.29) is 18.2 Å². The molecule has 1 heterocycles. The number of amides is 1. The first-order valence-corrected chi connectivity index (χ1v) is 7.40. The Morgan fingerprint density at radius 3 is 2.68 bits per heavy atom. The van der Waals surface area contributed by atoms with Gasteiger partial charge in [-0.1, -0.05) is 18.2 Å². The highest BCUT2D eigenvalue weighted by Gasteiger charge is 2.18. The molecule has 22 heavy (non-hydrogen) atoms. The van der Waals surface area contributed by atoms with Gasteiger partial charge in [0.25, 0.3) is 0 Å². The van der Waals surface area contributed by atoms with Crippen LogP contribution in [0.5, 0.6) is 0 Å². The fourth-order valence-electron chi connectivity index (χ4n) is 2.72. The molecule has 2 aromatic rings. The third-order valence-electron chi connectivity index (χ3n) is 3.73. The van der Waals surface area contributed by atoms with E-state index < -0.39 is 0 Å². The van der Waals surface area contributed by atoms with E-state index in [1.807, 2.05) is 35.8 Å². The number of benzene rings is 1. The number of carbonyl (C=O) groups excluding carboxylic acids is 2. The minimum atomic E-state index is -0.0601. The largest absolute Gasteiger partial charge is 0.385 e. The maximum Gasteiger partial charge on any atom is 0.239 e. The van der Waals surface area contributed by atoms with Crippen LogP contribution in [-0.2, 0) is 16.1 Å². The van der Waals surface area contributed by atoms with Crippen molar-refractivity contribution in [3.05, 3.63) is 35.5 Å².